The molecule has 6 heteroatoms. The number of hydrogen-bond donors (Lipinski definition) is 0. The third-order valence-electron chi connectivity index (χ3n) is 3.45. The van der Waals surface area contributed by atoms with E-state index in [4.69, 9.17) is 8.37 Å². The van der Waals surface area contributed by atoms with Crippen LogP contribution in [0.15, 0.2) is 0 Å². The number of unbranched alkanes of at least 4 members (excludes halogenated alkanes) is 10. The molecular formula is C16H34KO4S+. The van der Waals surface area contributed by atoms with Crippen LogP contribution in [0.3, 0.4) is 0 Å². The Bertz CT molecular complexity index is 283. The molecule has 0 aromatic rings. The van der Waals surface area contributed by atoms with Gasteiger partial charge in [-0.25, -0.2) is 8.37 Å². The van der Waals surface area contributed by atoms with E-state index in [9.17, 15) is 8.42 Å². The fourth-order valence-corrected chi connectivity index (χ4v) is 2.83. The molecular weight excluding hydrogens is 327 g/mol. The van der Waals surface area contributed by atoms with E-state index in [2.05, 4.69) is 13.8 Å². The zero-order chi connectivity index (χ0) is 15.8. The zero-order valence-corrected chi connectivity index (χ0v) is 18.9. The largest absolute Gasteiger partial charge is 1.00 e. The van der Waals surface area contributed by atoms with Crippen LogP contribution in [-0.2, 0) is 18.8 Å². The van der Waals surface area contributed by atoms with Crippen molar-refractivity contribution in [3.05, 3.63) is 0 Å². The van der Waals surface area contributed by atoms with Crippen molar-refractivity contribution in [3.8, 4) is 0 Å². The molecule has 0 saturated heterocycles. The second-order valence-electron chi connectivity index (χ2n) is 5.59. The Morgan fingerprint density at radius 1 is 0.591 bits per heavy atom. The third kappa shape index (κ3) is 19.6. The van der Waals surface area contributed by atoms with Gasteiger partial charge in [0.05, 0.1) is 13.2 Å². The van der Waals surface area contributed by atoms with Gasteiger partial charge >= 0.3 is 61.8 Å². The first-order chi connectivity index (χ1) is 10.1. The van der Waals surface area contributed by atoms with E-state index in [-0.39, 0.29) is 64.6 Å². The van der Waals surface area contributed by atoms with Crippen molar-refractivity contribution in [2.45, 2.75) is 90.9 Å². The van der Waals surface area contributed by atoms with Crippen LogP contribution in [0.5, 0.6) is 0 Å². The van der Waals surface area contributed by atoms with Crippen molar-refractivity contribution >= 4 is 10.4 Å². The average Bonchev–Trinajstić information content (AvgIpc) is 2.45. The summed E-state index contributed by atoms with van der Waals surface area (Å²) in [6, 6.07) is 0. The maximum absolute atomic E-state index is 11.5. The van der Waals surface area contributed by atoms with Crippen molar-refractivity contribution in [3.63, 3.8) is 0 Å². The summed E-state index contributed by atoms with van der Waals surface area (Å²) in [7, 11) is -3.78. The van der Waals surface area contributed by atoms with Gasteiger partial charge in [0, 0.05) is 0 Å². The minimum Gasteiger partial charge on any atom is -0.248 e. The molecule has 0 aromatic carbocycles. The van der Waals surface area contributed by atoms with Gasteiger partial charge in [-0.2, -0.15) is 8.42 Å². The summed E-state index contributed by atoms with van der Waals surface area (Å²) >= 11 is 0. The molecule has 0 unspecified atom stereocenters. The molecule has 0 aromatic heterocycles. The maximum Gasteiger partial charge on any atom is 1.00 e. The van der Waals surface area contributed by atoms with E-state index >= 15 is 0 Å². The number of hydrogen-bond acceptors (Lipinski definition) is 4. The topological polar surface area (TPSA) is 52.6 Å². The molecule has 22 heavy (non-hydrogen) atoms. The van der Waals surface area contributed by atoms with Crippen LogP contribution in [0, 0.1) is 0 Å². The van der Waals surface area contributed by atoms with Crippen molar-refractivity contribution in [1.29, 1.82) is 0 Å². The van der Waals surface area contributed by atoms with Gasteiger partial charge in [0.2, 0.25) is 0 Å². The van der Waals surface area contributed by atoms with Crippen molar-refractivity contribution < 1.29 is 68.2 Å². The Morgan fingerprint density at radius 2 is 0.909 bits per heavy atom. The summed E-state index contributed by atoms with van der Waals surface area (Å²) in [5.74, 6) is 0. The van der Waals surface area contributed by atoms with E-state index in [0.29, 0.717) is 0 Å². The Hall–Kier alpha value is 1.51. The van der Waals surface area contributed by atoms with Gasteiger partial charge in [-0.1, -0.05) is 78.1 Å². The molecule has 0 aliphatic rings. The predicted molar refractivity (Wildman–Crippen MR) is 87.6 cm³/mol. The molecule has 0 aliphatic carbocycles. The molecule has 0 N–H and O–H groups in total. The first-order valence-electron chi connectivity index (χ1n) is 8.66. The van der Waals surface area contributed by atoms with Crippen molar-refractivity contribution in [2.24, 2.45) is 0 Å². The van der Waals surface area contributed by atoms with Gasteiger partial charge < -0.3 is 0 Å². The normalized spacial score (nSPS) is 11.4. The summed E-state index contributed by atoms with van der Waals surface area (Å²) in [5, 5.41) is 0. The summed E-state index contributed by atoms with van der Waals surface area (Å²) in [4.78, 5) is 0. The Morgan fingerprint density at radius 3 is 1.27 bits per heavy atom. The zero-order valence-electron chi connectivity index (χ0n) is 14.9. The van der Waals surface area contributed by atoms with E-state index in [1.54, 1.807) is 0 Å². The Labute approximate surface area is 180 Å². The van der Waals surface area contributed by atoms with Gasteiger partial charge in [0.25, 0.3) is 0 Å². The minimum atomic E-state index is -3.78. The molecule has 0 saturated carbocycles. The molecule has 0 aliphatic heterocycles. The van der Waals surface area contributed by atoms with E-state index in [0.717, 1.165) is 38.5 Å². The second-order valence-corrected chi connectivity index (χ2v) is 6.88. The second kappa shape index (κ2) is 18.8. The van der Waals surface area contributed by atoms with Gasteiger partial charge in [0.15, 0.2) is 0 Å². The van der Waals surface area contributed by atoms with Crippen LogP contribution in [-0.4, -0.2) is 21.6 Å². The van der Waals surface area contributed by atoms with Gasteiger partial charge in [-0.15, -0.1) is 0 Å². The molecule has 0 bridgehead atoms. The molecule has 128 valence electrons. The smallest absolute Gasteiger partial charge is 0.248 e. The fourth-order valence-electron chi connectivity index (χ4n) is 2.12. The van der Waals surface area contributed by atoms with E-state index in [1.165, 1.54) is 38.5 Å². The van der Waals surface area contributed by atoms with Crippen LogP contribution in [0.4, 0.5) is 0 Å². The summed E-state index contributed by atoms with van der Waals surface area (Å²) in [6.45, 7) is 4.84. The summed E-state index contributed by atoms with van der Waals surface area (Å²) in [6.07, 6.45) is 13.3. The molecule has 0 amide bonds. The first-order valence-corrected chi connectivity index (χ1v) is 9.99. The SMILES string of the molecule is CCCCCCCCOS(=O)(=O)OCCCCCCCC.[K+]. The summed E-state index contributed by atoms with van der Waals surface area (Å²) < 4.78 is 32.6. The van der Waals surface area contributed by atoms with Crippen molar-refractivity contribution in [2.75, 3.05) is 13.2 Å². The predicted octanol–water partition coefficient (Wildman–Crippen LogP) is 1.99. The van der Waals surface area contributed by atoms with E-state index < -0.39 is 10.4 Å². The third-order valence-corrected chi connectivity index (χ3v) is 4.36. The average molecular weight is 362 g/mol. The maximum atomic E-state index is 11.5. The van der Waals surface area contributed by atoms with Crippen LogP contribution >= 0.6 is 0 Å². The Kier molecular flexibility index (Phi) is 22.0. The van der Waals surface area contributed by atoms with Crippen LogP contribution < -0.4 is 51.4 Å². The first kappa shape index (κ1) is 25.7. The molecule has 0 spiro atoms. The van der Waals surface area contributed by atoms with E-state index in [1.807, 2.05) is 0 Å². The standard InChI is InChI=1S/C16H34O4S.K/c1-3-5-7-9-11-13-15-19-21(17,18)20-16-14-12-10-8-6-4-2;/h3-16H2,1-2H3;/q;+1. The van der Waals surface area contributed by atoms with Crippen LogP contribution in [0.2, 0.25) is 0 Å². The monoisotopic (exact) mass is 361 g/mol. The molecule has 0 radical (unpaired) electrons. The molecule has 0 rings (SSSR count). The minimum absolute atomic E-state index is 0. The molecule has 0 fully saturated rings. The van der Waals surface area contributed by atoms with Gasteiger partial charge in [-0.3, -0.25) is 0 Å². The van der Waals surface area contributed by atoms with Gasteiger partial charge in [0.1, 0.15) is 0 Å². The quantitative estimate of drug-likeness (QED) is 0.312. The molecule has 0 atom stereocenters. The van der Waals surface area contributed by atoms with Gasteiger partial charge in [-0.05, 0) is 12.8 Å². The van der Waals surface area contributed by atoms with Crippen LogP contribution in [0.1, 0.15) is 90.9 Å². The van der Waals surface area contributed by atoms with Crippen molar-refractivity contribution in [1.82, 2.24) is 0 Å². The fraction of sp³-hybridized carbons (Fsp3) is 1.00. The molecule has 4 nitrogen and oxygen atoms in total. The van der Waals surface area contributed by atoms with Crippen LogP contribution in [0.25, 0.3) is 0 Å². The Balaban J connectivity index is 0. The molecule has 0 heterocycles. The number of rotatable bonds is 16. The summed E-state index contributed by atoms with van der Waals surface area (Å²) in [5.41, 5.74) is 0.